The van der Waals surface area contributed by atoms with E-state index >= 15 is 0 Å². The number of rotatable bonds is 5. The third-order valence-electron chi connectivity index (χ3n) is 4.12. The Morgan fingerprint density at radius 1 is 1.27 bits per heavy atom. The van der Waals surface area contributed by atoms with Crippen molar-refractivity contribution >= 4 is 23.1 Å². The molecule has 8 nitrogen and oxygen atoms in total. The van der Waals surface area contributed by atoms with Crippen molar-refractivity contribution in [2.75, 3.05) is 18.5 Å². The standard InChI is InChI=1S/C18H17N5O3/c24-17-11-26-14-7-6-12(10-13(14)20-17)18(25)19-8-3-5-16-22-21-15-4-1-2-9-23(15)16/h1-2,4,6-7,9-10H,3,5,8,11H2,(H,19,25)(H,20,24). The minimum atomic E-state index is -0.226. The zero-order valence-electron chi connectivity index (χ0n) is 13.9. The molecule has 8 heteroatoms. The van der Waals surface area contributed by atoms with E-state index < -0.39 is 0 Å². The normalized spacial score (nSPS) is 13.0. The molecular weight excluding hydrogens is 334 g/mol. The Morgan fingerprint density at radius 2 is 2.19 bits per heavy atom. The average Bonchev–Trinajstić information content (AvgIpc) is 3.07. The molecule has 0 atom stereocenters. The Morgan fingerprint density at radius 3 is 3.12 bits per heavy atom. The Kier molecular flexibility index (Phi) is 4.22. The maximum Gasteiger partial charge on any atom is 0.262 e. The smallest absolute Gasteiger partial charge is 0.262 e. The molecule has 0 radical (unpaired) electrons. The first-order valence-electron chi connectivity index (χ1n) is 8.34. The Labute approximate surface area is 149 Å². The highest BCUT2D eigenvalue weighted by molar-refractivity contribution is 5.99. The van der Waals surface area contributed by atoms with Crippen molar-refractivity contribution in [3.8, 4) is 5.75 Å². The fourth-order valence-electron chi connectivity index (χ4n) is 2.84. The summed E-state index contributed by atoms with van der Waals surface area (Å²) in [6.07, 6.45) is 3.37. The van der Waals surface area contributed by atoms with Crippen LogP contribution in [0.2, 0.25) is 0 Å². The molecule has 3 heterocycles. The lowest BCUT2D eigenvalue weighted by atomic mass is 10.1. The molecule has 1 aliphatic rings. The van der Waals surface area contributed by atoms with Crippen molar-refractivity contribution in [3.05, 3.63) is 54.0 Å². The zero-order chi connectivity index (χ0) is 17.9. The van der Waals surface area contributed by atoms with Crippen LogP contribution in [0.1, 0.15) is 22.6 Å². The van der Waals surface area contributed by atoms with Gasteiger partial charge in [-0.05, 0) is 36.8 Å². The minimum Gasteiger partial charge on any atom is -0.482 e. The lowest BCUT2D eigenvalue weighted by Crippen LogP contribution is -2.27. The van der Waals surface area contributed by atoms with Gasteiger partial charge in [0.1, 0.15) is 11.6 Å². The van der Waals surface area contributed by atoms with Gasteiger partial charge in [0, 0.05) is 24.7 Å². The molecule has 3 aromatic rings. The van der Waals surface area contributed by atoms with E-state index in [-0.39, 0.29) is 18.4 Å². The molecule has 4 rings (SSSR count). The fraction of sp³-hybridized carbons (Fsp3) is 0.222. The Hall–Kier alpha value is -3.42. The van der Waals surface area contributed by atoms with Gasteiger partial charge in [0.05, 0.1) is 5.69 Å². The maximum atomic E-state index is 12.3. The number of nitrogens with zero attached hydrogens (tertiary/aromatic N) is 3. The average molecular weight is 351 g/mol. The predicted octanol–water partition coefficient (Wildman–Crippen LogP) is 1.42. The summed E-state index contributed by atoms with van der Waals surface area (Å²) in [6, 6.07) is 10.7. The lowest BCUT2D eigenvalue weighted by Gasteiger charge is -2.18. The summed E-state index contributed by atoms with van der Waals surface area (Å²) < 4.78 is 7.23. The number of anilines is 1. The van der Waals surface area contributed by atoms with Crippen LogP contribution in [0, 0.1) is 0 Å². The third kappa shape index (κ3) is 3.21. The summed E-state index contributed by atoms with van der Waals surface area (Å²) in [7, 11) is 0. The number of hydrogen-bond donors (Lipinski definition) is 2. The van der Waals surface area contributed by atoms with Gasteiger partial charge in [-0.2, -0.15) is 0 Å². The third-order valence-corrected chi connectivity index (χ3v) is 4.12. The molecule has 0 spiro atoms. The van der Waals surface area contributed by atoms with E-state index in [0.717, 1.165) is 17.9 Å². The minimum absolute atomic E-state index is 0.00411. The highest BCUT2D eigenvalue weighted by Gasteiger charge is 2.17. The summed E-state index contributed by atoms with van der Waals surface area (Å²) in [5.74, 6) is 1.01. The van der Waals surface area contributed by atoms with Crippen LogP contribution in [0.25, 0.3) is 5.65 Å². The highest BCUT2D eigenvalue weighted by atomic mass is 16.5. The number of amides is 2. The number of aryl methyl sites for hydroxylation is 1. The summed E-state index contributed by atoms with van der Waals surface area (Å²) in [5.41, 5.74) is 1.80. The van der Waals surface area contributed by atoms with Crippen molar-refractivity contribution < 1.29 is 14.3 Å². The highest BCUT2D eigenvalue weighted by Crippen LogP contribution is 2.28. The topological polar surface area (TPSA) is 97.6 Å². The molecule has 2 amide bonds. The summed E-state index contributed by atoms with van der Waals surface area (Å²) in [4.78, 5) is 23.7. The van der Waals surface area contributed by atoms with Gasteiger partial charge in [-0.3, -0.25) is 14.0 Å². The second kappa shape index (κ2) is 6.83. The van der Waals surface area contributed by atoms with Crippen LogP contribution >= 0.6 is 0 Å². The van der Waals surface area contributed by atoms with Crippen molar-refractivity contribution in [2.45, 2.75) is 12.8 Å². The zero-order valence-corrected chi connectivity index (χ0v) is 13.9. The molecule has 2 aromatic heterocycles. The fourth-order valence-corrected chi connectivity index (χ4v) is 2.84. The molecule has 132 valence electrons. The second-order valence-electron chi connectivity index (χ2n) is 5.95. The van der Waals surface area contributed by atoms with Gasteiger partial charge in [0.15, 0.2) is 12.3 Å². The van der Waals surface area contributed by atoms with E-state index in [4.69, 9.17) is 4.74 Å². The van der Waals surface area contributed by atoms with Crippen molar-refractivity contribution in [1.29, 1.82) is 0 Å². The van der Waals surface area contributed by atoms with Gasteiger partial charge in [-0.25, -0.2) is 0 Å². The van der Waals surface area contributed by atoms with E-state index in [9.17, 15) is 9.59 Å². The van der Waals surface area contributed by atoms with Gasteiger partial charge in [0.25, 0.3) is 11.8 Å². The SMILES string of the molecule is O=C1COc2ccc(C(=O)NCCCc3nnc4ccccn34)cc2N1. The van der Waals surface area contributed by atoms with Crippen LogP contribution in [0.5, 0.6) is 5.75 Å². The second-order valence-corrected chi connectivity index (χ2v) is 5.95. The number of aromatic nitrogens is 3. The molecule has 0 aliphatic carbocycles. The van der Waals surface area contributed by atoms with Crippen molar-refractivity contribution in [2.24, 2.45) is 0 Å². The molecule has 0 saturated heterocycles. The molecule has 1 aliphatic heterocycles. The van der Waals surface area contributed by atoms with Gasteiger partial charge < -0.3 is 15.4 Å². The number of fused-ring (bicyclic) bond motifs is 2. The van der Waals surface area contributed by atoms with Crippen LogP contribution in [0.15, 0.2) is 42.6 Å². The number of carbonyl (C=O) groups excluding carboxylic acids is 2. The van der Waals surface area contributed by atoms with E-state index in [1.54, 1.807) is 18.2 Å². The van der Waals surface area contributed by atoms with Crippen LogP contribution < -0.4 is 15.4 Å². The number of pyridine rings is 1. The Bertz CT molecular complexity index is 982. The van der Waals surface area contributed by atoms with E-state index in [0.29, 0.717) is 30.0 Å². The molecule has 1 aromatic carbocycles. The molecule has 0 saturated carbocycles. The summed E-state index contributed by atoms with van der Waals surface area (Å²) in [5, 5.41) is 13.9. The first kappa shape index (κ1) is 16.1. The van der Waals surface area contributed by atoms with E-state index in [1.165, 1.54) is 0 Å². The molecule has 26 heavy (non-hydrogen) atoms. The summed E-state index contributed by atoms with van der Waals surface area (Å²) >= 11 is 0. The lowest BCUT2D eigenvalue weighted by molar-refractivity contribution is -0.118. The van der Waals surface area contributed by atoms with Crippen LogP contribution in [0.4, 0.5) is 5.69 Å². The molecular formula is C18H17N5O3. The number of nitrogens with one attached hydrogen (secondary N) is 2. The number of ether oxygens (including phenoxy) is 1. The molecule has 0 unspecified atom stereocenters. The number of benzene rings is 1. The predicted molar refractivity (Wildman–Crippen MR) is 94.2 cm³/mol. The van der Waals surface area contributed by atoms with Gasteiger partial charge in [-0.1, -0.05) is 6.07 Å². The summed E-state index contributed by atoms with van der Waals surface area (Å²) in [6.45, 7) is 0.510. The first-order chi connectivity index (χ1) is 12.7. The van der Waals surface area contributed by atoms with E-state index in [2.05, 4.69) is 20.8 Å². The van der Waals surface area contributed by atoms with E-state index in [1.807, 2.05) is 28.8 Å². The van der Waals surface area contributed by atoms with Gasteiger partial charge in [-0.15, -0.1) is 10.2 Å². The maximum absolute atomic E-state index is 12.3. The quantitative estimate of drug-likeness (QED) is 0.678. The van der Waals surface area contributed by atoms with Crippen LogP contribution in [-0.2, 0) is 11.2 Å². The van der Waals surface area contributed by atoms with Crippen molar-refractivity contribution in [3.63, 3.8) is 0 Å². The molecule has 0 bridgehead atoms. The Balaban J connectivity index is 1.33. The molecule has 0 fully saturated rings. The van der Waals surface area contributed by atoms with Crippen LogP contribution in [0.3, 0.4) is 0 Å². The monoisotopic (exact) mass is 351 g/mol. The first-order valence-corrected chi connectivity index (χ1v) is 8.34. The number of hydrogen-bond acceptors (Lipinski definition) is 5. The van der Waals surface area contributed by atoms with Crippen molar-refractivity contribution in [1.82, 2.24) is 19.9 Å². The van der Waals surface area contributed by atoms with Crippen LogP contribution in [-0.4, -0.2) is 39.6 Å². The van der Waals surface area contributed by atoms with Gasteiger partial charge in [0.2, 0.25) is 0 Å². The number of carbonyl (C=O) groups is 2. The van der Waals surface area contributed by atoms with Gasteiger partial charge >= 0.3 is 0 Å². The largest absolute Gasteiger partial charge is 0.482 e. The molecule has 2 N–H and O–H groups in total.